The van der Waals surface area contributed by atoms with Gasteiger partial charge in [-0.15, -0.1) is 11.3 Å². The molecule has 1 amide bonds. The molecule has 2 heterocycles. The van der Waals surface area contributed by atoms with Crippen molar-refractivity contribution in [3.05, 3.63) is 47.3 Å². The second-order valence-electron chi connectivity index (χ2n) is 6.84. The Kier molecular flexibility index (Phi) is 7.09. The van der Waals surface area contributed by atoms with Gasteiger partial charge < -0.3 is 10.1 Å². The molecule has 1 aliphatic rings. The van der Waals surface area contributed by atoms with Crippen LogP contribution in [0.2, 0.25) is 0 Å². The number of benzene rings is 1. The molecule has 28 heavy (non-hydrogen) atoms. The van der Waals surface area contributed by atoms with Crippen LogP contribution in [0.4, 0.5) is 0 Å². The molecule has 6 nitrogen and oxygen atoms in total. The molecule has 1 aliphatic heterocycles. The lowest BCUT2D eigenvalue weighted by atomic mass is 9.99. The highest BCUT2D eigenvalue weighted by Crippen LogP contribution is 2.26. The molecule has 1 N–H and O–H groups in total. The number of methoxy groups -OCH3 is 1. The van der Waals surface area contributed by atoms with Gasteiger partial charge in [-0.25, -0.2) is 8.42 Å². The summed E-state index contributed by atoms with van der Waals surface area (Å²) in [6.45, 7) is 1.28. The minimum absolute atomic E-state index is 0.0638. The highest BCUT2D eigenvalue weighted by Gasteiger charge is 2.33. The van der Waals surface area contributed by atoms with Gasteiger partial charge in [0, 0.05) is 19.6 Å². The average Bonchev–Trinajstić information content (AvgIpc) is 3.27. The van der Waals surface area contributed by atoms with Crippen molar-refractivity contribution in [1.29, 1.82) is 0 Å². The molecule has 1 aromatic carbocycles. The molecule has 0 bridgehead atoms. The third-order valence-electron chi connectivity index (χ3n) is 4.96. The summed E-state index contributed by atoms with van der Waals surface area (Å²) >= 11 is 1.21. The third kappa shape index (κ3) is 4.92. The lowest BCUT2D eigenvalue weighted by Gasteiger charge is -2.30. The second-order valence-corrected chi connectivity index (χ2v) is 9.95. The molecule has 8 heteroatoms. The number of hydrogen-bond donors (Lipinski definition) is 1. The number of sulfonamides is 1. The van der Waals surface area contributed by atoms with Crippen LogP contribution in [0.1, 0.15) is 24.8 Å². The molecule has 1 atom stereocenters. The molecule has 2 aromatic rings. The van der Waals surface area contributed by atoms with Gasteiger partial charge >= 0.3 is 0 Å². The van der Waals surface area contributed by atoms with E-state index in [1.54, 1.807) is 24.6 Å². The molecule has 1 aromatic heterocycles. The number of rotatable bonds is 8. The van der Waals surface area contributed by atoms with Crippen LogP contribution in [0.15, 0.2) is 46.0 Å². The number of ether oxygens (including phenoxy) is 1. The maximum Gasteiger partial charge on any atom is 0.252 e. The summed E-state index contributed by atoms with van der Waals surface area (Å²) in [5, 5.41) is 4.72. The number of para-hydroxylation sites is 1. The van der Waals surface area contributed by atoms with E-state index in [0.29, 0.717) is 23.7 Å². The van der Waals surface area contributed by atoms with Crippen molar-refractivity contribution < 1.29 is 17.9 Å². The van der Waals surface area contributed by atoms with Gasteiger partial charge in [-0.2, -0.15) is 4.31 Å². The molecule has 0 spiro atoms. The zero-order chi connectivity index (χ0) is 20.0. The largest absolute Gasteiger partial charge is 0.496 e. The molecule has 0 aliphatic carbocycles. The summed E-state index contributed by atoms with van der Waals surface area (Å²) < 4.78 is 32.5. The molecule has 0 saturated carbocycles. The van der Waals surface area contributed by atoms with Crippen LogP contribution in [0, 0.1) is 5.92 Å². The van der Waals surface area contributed by atoms with Crippen molar-refractivity contribution >= 4 is 27.3 Å². The van der Waals surface area contributed by atoms with E-state index < -0.39 is 10.0 Å². The SMILES string of the molecule is COc1ccccc1CCCNC(=O)C1CCCN(S(=O)(=O)c2cccs2)C1. The summed E-state index contributed by atoms with van der Waals surface area (Å²) in [6.07, 6.45) is 3.03. The fraction of sp³-hybridized carbons (Fsp3) is 0.450. The molecule has 3 rings (SSSR count). The van der Waals surface area contributed by atoms with Gasteiger partial charge in [-0.05, 0) is 48.8 Å². The average molecular weight is 423 g/mol. The molecule has 1 unspecified atom stereocenters. The fourth-order valence-electron chi connectivity index (χ4n) is 3.46. The Labute approximate surface area is 170 Å². The van der Waals surface area contributed by atoms with Gasteiger partial charge in [0.05, 0.1) is 13.0 Å². The summed E-state index contributed by atoms with van der Waals surface area (Å²) in [5.74, 6) is 0.497. The van der Waals surface area contributed by atoms with Gasteiger partial charge in [0.15, 0.2) is 0 Å². The van der Waals surface area contributed by atoms with Crippen molar-refractivity contribution in [1.82, 2.24) is 9.62 Å². The van der Waals surface area contributed by atoms with Crippen LogP contribution < -0.4 is 10.1 Å². The molecule has 1 saturated heterocycles. The van der Waals surface area contributed by atoms with E-state index in [9.17, 15) is 13.2 Å². The molecular formula is C20H26N2O4S2. The topological polar surface area (TPSA) is 75.7 Å². The Morgan fingerprint density at radius 2 is 2.11 bits per heavy atom. The van der Waals surface area contributed by atoms with Gasteiger partial charge in [-0.1, -0.05) is 24.3 Å². The summed E-state index contributed by atoms with van der Waals surface area (Å²) in [4.78, 5) is 12.5. The van der Waals surface area contributed by atoms with E-state index in [1.165, 1.54) is 15.6 Å². The lowest BCUT2D eigenvalue weighted by molar-refractivity contribution is -0.126. The number of carbonyl (C=O) groups excluding carboxylic acids is 1. The smallest absolute Gasteiger partial charge is 0.252 e. The monoisotopic (exact) mass is 422 g/mol. The van der Waals surface area contributed by atoms with E-state index in [2.05, 4.69) is 5.32 Å². The van der Waals surface area contributed by atoms with Crippen LogP contribution >= 0.6 is 11.3 Å². The van der Waals surface area contributed by atoms with Crippen molar-refractivity contribution in [2.75, 3.05) is 26.7 Å². The summed E-state index contributed by atoms with van der Waals surface area (Å²) in [5.41, 5.74) is 1.12. The van der Waals surface area contributed by atoms with Crippen molar-refractivity contribution in [3.8, 4) is 5.75 Å². The Balaban J connectivity index is 1.49. The lowest BCUT2D eigenvalue weighted by Crippen LogP contribution is -2.45. The van der Waals surface area contributed by atoms with Crippen LogP contribution in [0.5, 0.6) is 5.75 Å². The minimum Gasteiger partial charge on any atom is -0.496 e. The van der Waals surface area contributed by atoms with E-state index >= 15 is 0 Å². The zero-order valence-electron chi connectivity index (χ0n) is 16.0. The fourth-order valence-corrected chi connectivity index (χ4v) is 6.12. The molecule has 0 radical (unpaired) electrons. The number of nitrogens with zero attached hydrogens (tertiary/aromatic N) is 1. The third-order valence-corrected chi connectivity index (χ3v) is 8.20. The normalized spacial score (nSPS) is 18.0. The molecule has 1 fully saturated rings. The van der Waals surface area contributed by atoms with Gasteiger partial charge in [-0.3, -0.25) is 4.79 Å². The van der Waals surface area contributed by atoms with E-state index in [0.717, 1.165) is 30.6 Å². The summed E-state index contributed by atoms with van der Waals surface area (Å²) in [7, 11) is -1.84. The van der Waals surface area contributed by atoms with E-state index in [-0.39, 0.29) is 18.4 Å². The van der Waals surface area contributed by atoms with Crippen LogP contribution in [-0.4, -0.2) is 45.4 Å². The van der Waals surface area contributed by atoms with Gasteiger partial charge in [0.2, 0.25) is 5.91 Å². The molecular weight excluding hydrogens is 396 g/mol. The Bertz CT molecular complexity index is 881. The number of carbonyl (C=O) groups is 1. The predicted molar refractivity (Wildman–Crippen MR) is 110 cm³/mol. The Morgan fingerprint density at radius 3 is 2.86 bits per heavy atom. The van der Waals surface area contributed by atoms with Crippen molar-refractivity contribution in [3.63, 3.8) is 0 Å². The van der Waals surface area contributed by atoms with Crippen molar-refractivity contribution in [2.45, 2.75) is 29.9 Å². The minimum atomic E-state index is -3.50. The van der Waals surface area contributed by atoms with Crippen LogP contribution in [0.3, 0.4) is 0 Å². The number of nitrogens with one attached hydrogen (secondary N) is 1. The standard InChI is InChI=1S/C20H26N2O4S2/c1-26-18-10-3-2-7-16(18)8-4-12-21-20(23)17-9-5-13-22(15-17)28(24,25)19-11-6-14-27-19/h2-3,6-7,10-11,14,17H,4-5,8-9,12-13,15H2,1H3,(H,21,23). The molecule has 152 valence electrons. The first-order chi connectivity index (χ1) is 13.5. The number of aryl methyl sites for hydroxylation is 1. The van der Waals surface area contributed by atoms with Gasteiger partial charge in [0.1, 0.15) is 9.96 Å². The van der Waals surface area contributed by atoms with E-state index in [1.807, 2.05) is 24.3 Å². The second kappa shape index (κ2) is 9.54. The maximum atomic E-state index is 12.7. The predicted octanol–water partition coefficient (Wildman–Crippen LogP) is 2.91. The zero-order valence-corrected chi connectivity index (χ0v) is 17.6. The summed E-state index contributed by atoms with van der Waals surface area (Å²) in [6, 6.07) is 11.2. The number of piperidine rings is 1. The number of amides is 1. The first-order valence-corrected chi connectivity index (χ1v) is 11.8. The van der Waals surface area contributed by atoms with Gasteiger partial charge in [0.25, 0.3) is 10.0 Å². The van der Waals surface area contributed by atoms with Crippen LogP contribution in [-0.2, 0) is 21.2 Å². The number of hydrogen-bond acceptors (Lipinski definition) is 5. The maximum absolute atomic E-state index is 12.7. The quantitative estimate of drug-likeness (QED) is 0.664. The first kappa shape index (κ1) is 20.8. The Morgan fingerprint density at radius 1 is 1.29 bits per heavy atom. The van der Waals surface area contributed by atoms with Crippen molar-refractivity contribution in [2.24, 2.45) is 5.92 Å². The van der Waals surface area contributed by atoms with Crippen LogP contribution in [0.25, 0.3) is 0 Å². The first-order valence-electron chi connectivity index (χ1n) is 9.45. The number of thiophene rings is 1. The highest BCUT2D eigenvalue weighted by molar-refractivity contribution is 7.91. The van der Waals surface area contributed by atoms with E-state index in [4.69, 9.17) is 4.74 Å². The Hall–Kier alpha value is -1.90. The highest BCUT2D eigenvalue weighted by atomic mass is 32.2.